The lowest BCUT2D eigenvalue weighted by Crippen LogP contribution is -2.15. The number of hydrogen-bond acceptors (Lipinski definition) is 3. The molecular weight excluding hydrogens is 821 g/mol. The average molecular weight is 850 g/mol. The van der Waals surface area contributed by atoms with E-state index in [9.17, 15) is 15.8 Å². The van der Waals surface area contributed by atoms with Crippen molar-refractivity contribution in [2.24, 2.45) is 0 Å². The van der Waals surface area contributed by atoms with E-state index in [1.807, 2.05) is 78.9 Å². The summed E-state index contributed by atoms with van der Waals surface area (Å²) < 4.78 is 93.5. The second-order valence-electron chi connectivity index (χ2n) is 15.6. The first-order chi connectivity index (χ1) is 30.9. The predicted octanol–water partition coefficient (Wildman–Crippen LogP) is 14.6. The zero-order valence-electron chi connectivity index (χ0n) is 33.4. The van der Waals surface area contributed by atoms with E-state index in [1.165, 1.54) is 12.1 Å². The number of allylic oxidation sites excluding steroid dienone is 4. The van der Waals surface area contributed by atoms with E-state index in [-0.39, 0.29) is 22.5 Å². The summed E-state index contributed by atoms with van der Waals surface area (Å²) in [7, 11) is 0. The Morgan fingerprint density at radius 2 is 0.953 bits per heavy atom. The van der Waals surface area contributed by atoms with Crippen molar-refractivity contribution in [2.75, 3.05) is 0 Å². The van der Waals surface area contributed by atoms with Crippen molar-refractivity contribution in [1.29, 1.82) is 15.8 Å². The average Bonchev–Trinajstić information content (AvgIpc) is 3.82. The van der Waals surface area contributed by atoms with Gasteiger partial charge >= 0.3 is 12.4 Å². The molecule has 2 aromatic heterocycles. The van der Waals surface area contributed by atoms with Gasteiger partial charge in [-0.1, -0.05) is 72.8 Å². The minimum Gasteiger partial charge on any atom is -0.308 e. The summed E-state index contributed by atoms with van der Waals surface area (Å²) in [5.41, 5.74) is 2.70. The van der Waals surface area contributed by atoms with Crippen molar-refractivity contribution in [3.8, 4) is 51.8 Å². The molecule has 0 bridgehead atoms. The number of para-hydroxylation sites is 2. The lowest BCUT2D eigenvalue weighted by molar-refractivity contribution is -0.142. The van der Waals surface area contributed by atoms with Gasteiger partial charge in [-0.05, 0) is 120 Å². The molecule has 64 heavy (non-hydrogen) atoms. The molecule has 11 heteroatoms. The molecule has 0 amide bonds. The molecule has 7 aromatic carbocycles. The van der Waals surface area contributed by atoms with Crippen LogP contribution in [0.15, 0.2) is 157 Å². The van der Waals surface area contributed by atoms with E-state index in [0.717, 1.165) is 49.9 Å². The van der Waals surface area contributed by atoms with Gasteiger partial charge in [0.2, 0.25) is 0 Å². The van der Waals surface area contributed by atoms with Gasteiger partial charge in [-0.3, -0.25) is 0 Å². The van der Waals surface area contributed by atoms with Crippen molar-refractivity contribution < 1.29 is 26.3 Å². The van der Waals surface area contributed by atoms with Crippen LogP contribution in [0.3, 0.4) is 0 Å². The Balaban J connectivity index is 1.32. The molecule has 1 aliphatic carbocycles. The summed E-state index contributed by atoms with van der Waals surface area (Å²) >= 11 is 0. The fraction of sp³-hybridized carbons (Fsp3) is 0.0755. The van der Waals surface area contributed by atoms with Gasteiger partial charge in [0, 0.05) is 32.7 Å². The van der Waals surface area contributed by atoms with Crippen molar-refractivity contribution >= 4 is 49.2 Å². The second kappa shape index (κ2) is 14.9. The number of halogens is 6. The Hall–Kier alpha value is -8.33. The van der Waals surface area contributed by atoms with Crippen molar-refractivity contribution in [3.05, 3.63) is 185 Å². The van der Waals surface area contributed by atoms with Crippen LogP contribution in [-0.2, 0) is 12.4 Å². The quantitative estimate of drug-likeness (QED) is 0.162. The molecule has 0 saturated heterocycles. The maximum Gasteiger partial charge on any atom is 0.417 e. The summed E-state index contributed by atoms with van der Waals surface area (Å²) in [5.74, 6) is 0. The van der Waals surface area contributed by atoms with Crippen LogP contribution in [0.2, 0.25) is 0 Å². The highest BCUT2D eigenvalue weighted by Crippen LogP contribution is 2.48. The smallest absolute Gasteiger partial charge is 0.308 e. The summed E-state index contributed by atoms with van der Waals surface area (Å²) in [5, 5.41) is 33.1. The van der Waals surface area contributed by atoms with Crippen LogP contribution in [0, 0.1) is 34.0 Å². The number of aromatic nitrogens is 2. The molecule has 2 heterocycles. The number of fused-ring (bicyclic) bond motifs is 6. The van der Waals surface area contributed by atoms with Crippen LogP contribution in [-0.4, -0.2) is 9.13 Å². The van der Waals surface area contributed by atoms with Gasteiger partial charge in [0.15, 0.2) is 0 Å². The van der Waals surface area contributed by atoms with E-state index in [0.29, 0.717) is 58.2 Å². The Morgan fingerprint density at radius 1 is 0.438 bits per heavy atom. The topological polar surface area (TPSA) is 81.2 Å². The maximum absolute atomic E-state index is 15.0. The van der Waals surface area contributed by atoms with E-state index < -0.39 is 29.0 Å². The molecule has 308 valence electrons. The zero-order valence-corrected chi connectivity index (χ0v) is 33.4. The lowest BCUT2D eigenvalue weighted by Gasteiger charge is -2.22. The summed E-state index contributed by atoms with van der Waals surface area (Å²) in [6, 6.07) is 44.2. The molecule has 0 N–H and O–H groups in total. The number of benzene rings is 7. The van der Waals surface area contributed by atoms with E-state index in [4.69, 9.17) is 0 Å². The van der Waals surface area contributed by atoms with Gasteiger partial charge in [-0.2, -0.15) is 42.1 Å². The maximum atomic E-state index is 15.0. The molecule has 0 radical (unpaired) electrons. The van der Waals surface area contributed by atoms with Crippen LogP contribution < -0.4 is 0 Å². The standard InChI is InChI=1S/C53H29F6N5/c54-52(55,56)43-8-5-9-44(53(57,58)59)51(43)37-26-49(63-45-10-3-1-6-38(45)40-24-35(20-22-47(40)63)33-16-12-31(28-60)13-17-33)42(30-62)50(27-37)64-46-11-4-2-7-39(46)41-25-36(21-23-48(41)64)34-18-14-32(29-61)15-19-34/h1-14,16-18,20-27H,15,19H2. The highest BCUT2D eigenvalue weighted by Gasteiger charge is 2.41. The molecule has 0 fully saturated rings. The van der Waals surface area contributed by atoms with Gasteiger partial charge in [-0.15, -0.1) is 0 Å². The summed E-state index contributed by atoms with van der Waals surface area (Å²) in [6.07, 6.45) is -5.47. The molecule has 5 nitrogen and oxygen atoms in total. The van der Waals surface area contributed by atoms with E-state index in [2.05, 4.69) is 18.2 Å². The van der Waals surface area contributed by atoms with Crippen LogP contribution in [0.4, 0.5) is 26.3 Å². The number of nitriles is 3. The number of nitrogens with zero attached hydrogens (tertiary/aromatic N) is 5. The van der Waals surface area contributed by atoms with Gasteiger partial charge in [0.1, 0.15) is 11.6 Å². The zero-order chi connectivity index (χ0) is 44.5. The molecule has 0 spiro atoms. The molecule has 1 aliphatic rings. The summed E-state index contributed by atoms with van der Waals surface area (Å²) in [4.78, 5) is 0. The normalized spacial score (nSPS) is 13.2. The van der Waals surface area contributed by atoms with Crippen LogP contribution >= 0.6 is 0 Å². The Labute approximate surface area is 361 Å². The highest BCUT2D eigenvalue weighted by molar-refractivity contribution is 6.12. The predicted molar refractivity (Wildman–Crippen MR) is 236 cm³/mol. The first-order valence-electron chi connectivity index (χ1n) is 20.1. The minimum atomic E-state index is -5.18. The molecule has 0 saturated carbocycles. The number of hydrogen-bond donors (Lipinski definition) is 0. The largest absolute Gasteiger partial charge is 0.417 e. The SMILES string of the molecule is N#CC1=CC=C(c2ccc3c(c2)c2ccccc2n3-c2cc(-c3c(C(F)(F)F)cccc3C(F)(F)F)cc(-n3c4ccccc4c4cc(-c5ccc(C#N)cc5)ccc43)c2C#N)CC1. The Bertz CT molecular complexity index is 3580. The highest BCUT2D eigenvalue weighted by atomic mass is 19.4. The second-order valence-corrected chi connectivity index (χ2v) is 15.6. The molecular formula is C53H29F6N5. The van der Waals surface area contributed by atoms with Crippen molar-refractivity contribution in [3.63, 3.8) is 0 Å². The van der Waals surface area contributed by atoms with Crippen LogP contribution in [0.1, 0.15) is 40.7 Å². The minimum absolute atomic E-state index is 0.0107. The molecule has 10 rings (SSSR count). The molecule has 0 atom stereocenters. The molecule has 9 aromatic rings. The fourth-order valence-corrected chi connectivity index (χ4v) is 9.11. The van der Waals surface area contributed by atoms with Gasteiger partial charge in [0.05, 0.1) is 62.3 Å². The Morgan fingerprint density at radius 3 is 1.45 bits per heavy atom. The third-order valence-electron chi connectivity index (χ3n) is 12.0. The number of rotatable bonds is 5. The monoisotopic (exact) mass is 849 g/mol. The van der Waals surface area contributed by atoms with Gasteiger partial charge in [-0.25, -0.2) is 0 Å². The first-order valence-corrected chi connectivity index (χ1v) is 20.1. The Kier molecular flexibility index (Phi) is 9.29. The van der Waals surface area contributed by atoms with Crippen LogP contribution in [0.25, 0.3) is 82.8 Å². The third-order valence-corrected chi connectivity index (χ3v) is 12.0. The first kappa shape index (κ1) is 39.8. The van der Waals surface area contributed by atoms with Crippen molar-refractivity contribution in [2.45, 2.75) is 25.2 Å². The van der Waals surface area contributed by atoms with Crippen molar-refractivity contribution in [1.82, 2.24) is 9.13 Å². The number of alkyl halides is 6. The lowest BCUT2D eigenvalue weighted by atomic mass is 9.91. The van der Waals surface area contributed by atoms with E-state index in [1.54, 1.807) is 51.6 Å². The third kappa shape index (κ3) is 6.47. The van der Waals surface area contributed by atoms with E-state index >= 15 is 26.3 Å². The summed E-state index contributed by atoms with van der Waals surface area (Å²) in [6.45, 7) is 0. The van der Waals surface area contributed by atoms with Gasteiger partial charge in [0.25, 0.3) is 0 Å². The molecule has 0 aliphatic heterocycles. The molecule has 0 unspecified atom stereocenters. The van der Waals surface area contributed by atoms with Crippen LogP contribution in [0.5, 0.6) is 0 Å². The fourth-order valence-electron chi connectivity index (χ4n) is 9.11. The van der Waals surface area contributed by atoms with Gasteiger partial charge < -0.3 is 9.13 Å².